The molecule has 4 heteroatoms. The lowest BCUT2D eigenvalue weighted by molar-refractivity contribution is 0.627. The highest BCUT2D eigenvalue weighted by Crippen LogP contribution is 2.09. The number of rotatable bonds is 6. The number of anilines is 2. The van der Waals surface area contributed by atoms with Crippen LogP contribution in [0, 0.1) is 5.82 Å². The molecule has 1 heterocycles. The zero-order valence-electron chi connectivity index (χ0n) is 11.0. The first-order valence-electron chi connectivity index (χ1n) is 6.47. The van der Waals surface area contributed by atoms with Crippen LogP contribution >= 0.6 is 0 Å². The number of hydrogen-bond acceptors (Lipinski definition) is 3. The number of pyridine rings is 1. The molecule has 2 aromatic rings. The molecule has 0 saturated carbocycles. The van der Waals surface area contributed by atoms with Crippen LogP contribution in [0.1, 0.15) is 12.5 Å². The Morgan fingerprint density at radius 1 is 1.00 bits per heavy atom. The zero-order valence-corrected chi connectivity index (χ0v) is 11.0. The Morgan fingerprint density at radius 3 is 2.37 bits per heavy atom. The van der Waals surface area contributed by atoms with Crippen LogP contribution in [0.4, 0.5) is 16.0 Å². The van der Waals surface area contributed by atoms with Crippen LogP contribution in [0.2, 0.25) is 0 Å². The van der Waals surface area contributed by atoms with E-state index in [-0.39, 0.29) is 5.82 Å². The predicted octanol–water partition coefficient (Wildman–Crippen LogP) is 3.31. The number of nitrogens with zero attached hydrogens (tertiary/aromatic N) is 1. The lowest BCUT2D eigenvalue weighted by Gasteiger charge is -2.08. The summed E-state index contributed by atoms with van der Waals surface area (Å²) < 4.78 is 12.8. The van der Waals surface area contributed by atoms with Crippen molar-refractivity contribution in [1.82, 2.24) is 4.98 Å². The lowest BCUT2D eigenvalue weighted by atomic mass is 10.1. The topological polar surface area (TPSA) is 37.0 Å². The highest BCUT2D eigenvalue weighted by molar-refractivity contribution is 5.45. The molecule has 3 nitrogen and oxygen atoms in total. The molecule has 0 unspecified atom stereocenters. The Bertz CT molecular complexity index is 511. The largest absolute Gasteiger partial charge is 0.370 e. The van der Waals surface area contributed by atoms with E-state index in [0.29, 0.717) is 0 Å². The van der Waals surface area contributed by atoms with Crippen molar-refractivity contribution in [3.63, 3.8) is 0 Å². The Kier molecular flexibility index (Phi) is 4.72. The van der Waals surface area contributed by atoms with E-state index >= 15 is 0 Å². The molecule has 0 atom stereocenters. The second kappa shape index (κ2) is 6.73. The van der Waals surface area contributed by atoms with Gasteiger partial charge in [0.15, 0.2) is 0 Å². The Hall–Kier alpha value is -2.10. The van der Waals surface area contributed by atoms with Gasteiger partial charge in [-0.25, -0.2) is 9.37 Å². The van der Waals surface area contributed by atoms with Gasteiger partial charge in [-0.2, -0.15) is 0 Å². The molecule has 0 fully saturated rings. The van der Waals surface area contributed by atoms with Gasteiger partial charge in [0, 0.05) is 13.1 Å². The summed E-state index contributed by atoms with van der Waals surface area (Å²) in [5.74, 6) is 1.52. The van der Waals surface area contributed by atoms with Gasteiger partial charge < -0.3 is 10.6 Å². The van der Waals surface area contributed by atoms with Crippen LogP contribution in [-0.4, -0.2) is 18.1 Å². The summed E-state index contributed by atoms with van der Waals surface area (Å²) in [6, 6.07) is 12.4. The molecular formula is C15H18FN3. The van der Waals surface area contributed by atoms with Crippen molar-refractivity contribution in [1.29, 1.82) is 0 Å². The van der Waals surface area contributed by atoms with Crippen LogP contribution in [0.15, 0.2) is 42.5 Å². The maximum Gasteiger partial charge on any atom is 0.128 e. The SMILES string of the molecule is CCNc1cccc(NCCc2ccc(F)cc2)n1. The third-order valence-corrected chi connectivity index (χ3v) is 2.74. The van der Waals surface area contributed by atoms with Gasteiger partial charge in [-0.05, 0) is 43.2 Å². The first-order chi connectivity index (χ1) is 9.28. The summed E-state index contributed by atoms with van der Waals surface area (Å²) in [4.78, 5) is 4.43. The summed E-state index contributed by atoms with van der Waals surface area (Å²) in [6.07, 6.45) is 0.841. The average molecular weight is 259 g/mol. The maximum absolute atomic E-state index is 12.8. The normalized spacial score (nSPS) is 10.2. The fraction of sp³-hybridized carbons (Fsp3) is 0.267. The Morgan fingerprint density at radius 2 is 1.68 bits per heavy atom. The van der Waals surface area contributed by atoms with Crippen molar-refractivity contribution in [2.24, 2.45) is 0 Å². The molecule has 1 aromatic carbocycles. The first kappa shape index (κ1) is 13.3. The smallest absolute Gasteiger partial charge is 0.128 e. The minimum Gasteiger partial charge on any atom is -0.370 e. The standard InChI is InChI=1S/C15H18FN3/c1-2-17-14-4-3-5-15(19-14)18-11-10-12-6-8-13(16)9-7-12/h3-9H,2,10-11H2,1H3,(H2,17,18,19). The van der Waals surface area contributed by atoms with Crippen molar-refractivity contribution in [2.75, 3.05) is 23.7 Å². The number of aromatic nitrogens is 1. The molecule has 2 N–H and O–H groups in total. The molecular weight excluding hydrogens is 241 g/mol. The molecule has 19 heavy (non-hydrogen) atoms. The van der Waals surface area contributed by atoms with Gasteiger partial charge in [-0.1, -0.05) is 18.2 Å². The maximum atomic E-state index is 12.8. The van der Waals surface area contributed by atoms with Crippen molar-refractivity contribution >= 4 is 11.6 Å². The summed E-state index contributed by atoms with van der Waals surface area (Å²) in [5, 5.41) is 6.43. The summed E-state index contributed by atoms with van der Waals surface area (Å²) in [7, 11) is 0. The first-order valence-corrected chi connectivity index (χ1v) is 6.47. The van der Waals surface area contributed by atoms with E-state index in [1.165, 1.54) is 12.1 Å². The number of hydrogen-bond donors (Lipinski definition) is 2. The van der Waals surface area contributed by atoms with Gasteiger partial charge >= 0.3 is 0 Å². The molecule has 2 rings (SSSR count). The average Bonchev–Trinajstić information content (AvgIpc) is 2.42. The highest BCUT2D eigenvalue weighted by atomic mass is 19.1. The molecule has 0 radical (unpaired) electrons. The van der Waals surface area contributed by atoms with Crippen LogP contribution in [-0.2, 0) is 6.42 Å². The van der Waals surface area contributed by atoms with Crippen molar-refractivity contribution in [2.45, 2.75) is 13.3 Å². The zero-order chi connectivity index (χ0) is 13.5. The Labute approximate surface area is 112 Å². The van der Waals surface area contributed by atoms with Crippen molar-refractivity contribution in [3.05, 3.63) is 53.8 Å². The molecule has 100 valence electrons. The third kappa shape index (κ3) is 4.25. The van der Waals surface area contributed by atoms with Crippen molar-refractivity contribution < 1.29 is 4.39 Å². The fourth-order valence-corrected chi connectivity index (χ4v) is 1.80. The molecule has 0 aliphatic rings. The fourth-order valence-electron chi connectivity index (χ4n) is 1.80. The second-order valence-electron chi connectivity index (χ2n) is 4.24. The van der Waals surface area contributed by atoms with Crippen LogP contribution < -0.4 is 10.6 Å². The second-order valence-corrected chi connectivity index (χ2v) is 4.24. The molecule has 0 amide bonds. The Balaban J connectivity index is 1.85. The van der Waals surface area contributed by atoms with Crippen LogP contribution in [0.3, 0.4) is 0 Å². The summed E-state index contributed by atoms with van der Waals surface area (Å²) in [6.45, 7) is 3.66. The minimum atomic E-state index is -0.197. The van der Waals surface area contributed by atoms with E-state index in [9.17, 15) is 4.39 Å². The van der Waals surface area contributed by atoms with E-state index in [1.807, 2.05) is 25.1 Å². The molecule has 0 aliphatic carbocycles. The van der Waals surface area contributed by atoms with E-state index in [4.69, 9.17) is 0 Å². The van der Waals surface area contributed by atoms with Gasteiger partial charge in [-0.15, -0.1) is 0 Å². The number of benzene rings is 1. The van der Waals surface area contributed by atoms with Crippen LogP contribution in [0.5, 0.6) is 0 Å². The van der Waals surface area contributed by atoms with E-state index in [1.54, 1.807) is 12.1 Å². The van der Waals surface area contributed by atoms with Crippen LogP contribution in [0.25, 0.3) is 0 Å². The number of halogens is 1. The summed E-state index contributed by atoms with van der Waals surface area (Å²) >= 11 is 0. The van der Waals surface area contributed by atoms with E-state index in [2.05, 4.69) is 15.6 Å². The van der Waals surface area contributed by atoms with Crippen molar-refractivity contribution in [3.8, 4) is 0 Å². The summed E-state index contributed by atoms with van der Waals surface area (Å²) in [5.41, 5.74) is 1.11. The van der Waals surface area contributed by atoms with E-state index < -0.39 is 0 Å². The quantitative estimate of drug-likeness (QED) is 0.835. The number of nitrogens with one attached hydrogen (secondary N) is 2. The predicted molar refractivity (Wildman–Crippen MR) is 77.0 cm³/mol. The minimum absolute atomic E-state index is 0.197. The molecule has 0 saturated heterocycles. The molecule has 0 aliphatic heterocycles. The van der Waals surface area contributed by atoms with Gasteiger partial charge in [0.25, 0.3) is 0 Å². The molecule has 1 aromatic heterocycles. The monoisotopic (exact) mass is 259 g/mol. The van der Waals surface area contributed by atoms with Gasteiger partial charge in [0.05, 0.1) is 0 Å². The van der Waals surface area contributed by atoms with Gasteiger partial charge in [0.1, 0.15) is 17.5 Å². The van der Waals surface area contributed by atoms with Gasteiger partial charge in [0.2, 0.25) is 0 Å². The molecule has 0 bridgehead atoms. The third-order valence-electron chi connectivity index (χ3n) is 2.74. The van der Waals surface area contributed by atoms with E-state index in [0.717, 1.165) is 36.7 Å². The molecule has 0 spiro atoms. The van der Waals surface area contributed by atoms with Gasteiger partial charge in [-0.3, -0.25) is 0 Å². The highest BCUT2D eigenvalue weighted by Gasteiger charge is 1.97. The lowest BCUT2D eigenvalue weighted by Crippen LogP contribution is -2.07.